The molecule has 1 rings (SSSR count). The Morgan fingerprint density at radius 3 is 2.33 bits per heavy atom. The number of unbranched alkanes of at least 4 members (excludes halogenated alkanes) is 4. The average Bonchev–Trinajstić information content (AvgIpc) is 2.67. The molecule has 2 atom stereocenters. The molecule has 0 heterocycles. The summed E-state index contributed by atoms with van der Waals surface area (Å²) in [5, 5.41) is 0. The van der Waals surface area contributed by atoms with Gasteiger partial charge >= 0.3 is 0 Å². The molecule has 0 aliphatic rings. The van der Waals surface area contributed by atoms with Gasteiger partial charge in [0.1, 0.15) is 12.0 Å². The van der Waals surface area contributed by atoms with Crippen molar-refractivity contribution in [2.45, 2.75) is 72.6 Å². The van der Waals surface area contributed by atoms with Gasteiger partial charge in [0, 0.05) is 5.56 Å². The normalized spacial score (nSPS) is 14.1. The third-order valence-electron chi connectivity index (χ3n) is 5.05. The van der Waals surface area contributed by atoms with Crippen molar-refractivity contribution in [1.29, 1.82) is 0 Å². The van der Waals surface area contributed by atoms with Gasteiger partial charge in [-0.15, -0.1) is 0 Å². The summed E-state index contributed by atoms with van der Waals surface area (Å²) in [5.74, 6) is 2.58. The van der Waals surface area contributed by atoms with Crippen LogP contribution in [0.2, 0.25) is 0 Å². The van der Waals surface area contributed by atoms with Crippen LogP contribution in [0.3, 0.4) is 0 Å². The first-order valence-corrected chi connectivity index (χ1v) is 10.6. The van der Waals surface area contributed by atoms with Crippen molar-refractivity contribution in [1.82, 2.24) is 0 Å². The van der Waals surface area contributed by atoms with Gasteiger partial charge in [-0.25, -0.2) is 0 Å². The second-order valence-electron chi connectivity index (χ2n) is 7.87. The molecular formula is C25H38O2. The lowest BCUT2D eigenvalue weighted by Crippen LogP contribution is -2.07. The Hall–Kier alpha value is -1.83. The second-order valence-corrected chi connectivity index (χ2v) is 7.87. The lowest BCUT2D eigenvalue weighted by Gasteiger charge is -2.18. The van der Waals surface area contributed by atoms with Crippen molar-refractivity contribution in [2.75, 3.05) is 0 Å². The Balaban J connectivity index is 2.34. The van der Waals surface area contributed by atoms with Gasteiger partial charge in [0.25, 0.3) is 0 Å². The first kappa shape index (κ1) is 23.2. The highest BCUT2D eigenvalue weighted by Gasteiger charge is 2.11. The fourth-order valence-electron chi connectivity index (χ4n) is 3.04. The zero-order chi connectivity index (χ0) is 19.9. The Morgan fingerprint density at radius 2 is 1.70 bits per heavy atom. The number of ether oxygens (including phenoxy) is 1. The van der Waals surface area contributed by atoms with Crippen molar-refractivity contribution < 1.29 is 9.53 Å². The molecule has 0 saturated carbocycles. The van der Waals surface area contributed by atoms with E-state index in [4.69, 9.17) is 4.74 Å². The number of carbonyl (C=O) groups is 1. The van der Waals surface area contributed by atoms with E-state index in [9.17, 15) is 4.79 Å². The van der Waals surface area contributed by atoms with Gasteiger partial charge in [-0.3, -0.25) is 4.79 Å². The maximum atomic E-state index is 10.7. The highest BCUT2D eigenvalue weighted by molar-refractivity contribution is 5.74. The summed E-state index contributed by atoms with van der Waals surface area (Å²) in [6.45, 7) is 9.13. The molecule has 0 bridgehead atoms. The van der Waals surface area contributed by atoms with Gasteiger partial charge in [-0.05, 0) is 73.8 Å². The second kappa shape index (κ2) is 14.3. The molecule has 1 aromatic rings. The third kappa shape index (κ3) is 10.8. The third-order valence-corrected chi connectivity index (χ3v) is 5.05. The van der Waals surface area contributed by atoms with Crippen LogP contribution in [0.15, 0.2) is 48.8 Å². The van der Waals surface area contributed by atoms with Crippen LogP contribution in [-0.2, 0) is 0 Å². The molecule has 0 radical (unpaired) electrons. The number of hydrogen-bond acceptors (Lipinski definition) is 2. The molecule has 2 nitrogen and oxygen atoms in total. The molecule has 0 N–H and O–H groups in total. The zero-order valence-corrected chi connectivity index (χ0v) is 17.7. The molecule has 0 spiro atoms. The van der Waals surface area contributed by atoms with E-state index in [1.165, 1.54) is 38.5 Å². The Kier molecular flexibility index (Phi) is 12.3. The Labute approximate surface area is 166 Å². The fraction of sp³-hybridized carbons (Fsp3) is 0.560. The van der Waals surface area contributed by atoms with Gasteiger partial charge < -0.3 is 4.74 Å². The summed E-state index contributed by atoms with van der Waals surface area (Å²) in [7, 11) is 0. The highest BCUT2D eigenvalue weighted by Crippen LogP contribution is 2.23. The van der Waals surface area contributed by atoms with Gasteiger partial charge in [0.2, 0.25) is 0 Å². The van der Waals surface area contributed by atoms with E-state index in [1.807, 2.05) is 12.1 Å². The largest absolute Gasteiger partial charge is 0.465 e. The molecular weight excluding hydrogens is 332 g/mol. The van der Waals surface area contributed by atoms with Crippen molar-refractivity contribution in [3.8, 4) is 5.75 Å². The minimum Gasteiger partial charge on any atom is -0.465 e. The predicted molar refractivity (Wildman–Crippen MR) is 116 cm³/mol. The van der Waals surface area contributed by atoms with Crippen LogP contribution < -0.4 is 4.74 Å². The smallest absolute Gasteiger partial charge is 0.150 e. The van der Waals surface area contributed by atoms with Gasteiger partial charge in [-0.1, -0.05) is 59.1 Å². The molecule has 0 aliphatic carbocycles. The lowest BCUT2D eigenvalue weighted by atomic mass is 9.88. The molecule has 150 valence electrons. The number of benzene rings is 1. The molecule has 2 heteroatoms. The first-order valence-electron chi connectivity index (χ1n) is 10.6. The number of allylic oxidation sites excluding steroid dienone is 3. The molecule has 0 aromatic heterocycles. The molecule has 1 aromatic carbocycles. The predicted octanol–water partition coefficient (Wildman–Crippen LogP) is 7.61. The van der Waals surface area contributed by atoms with E-state index < -0.39 is 0 Å². The number of aldehydes is 1. The van der Waals surface area contributed by atoms with Crippen molar-refractivity contribution in [2.24, 2.45) is 17.8 Å². The van der Waals surface area contributed by atoms with E-state index >= 15 is 0 Å². The summed E-state index contributed by atoms with van der Waals surface area (Å²) in [6, 6.07) is 7.17. The molecule has 0 amide bonds. The minimum atomic E-state index is 0.485. The summed E-state index contributed by atoms with van der Waals surface area (Å²) in [6.07, 6.45) is 18.5. The van der Waals surface area contributed by atoms with Crippen LogP contribution in [0.5, 0.6) is 5.75 Å². The van der Waals surface area contributed by atoms with E-state index in [1.54, 1.807) is 18.4 Å². The van der Waals surface area contributed by atoms with Crippen molar-refractivity contribution in [3.05, 3.63) is 54.3 Å². The zero-order valence-electron chi connectivity index (χ0n) is 17.7. The Bertz CT molecular complexity index is 554. The molecule has 27 heavy (non-hydrogen) atoms. The lowest BCUT2D eigenvalue weighted by molar-refractivity contribution is 0.112. The highest BCUT2D eigenvalue weighted by atomic mass is 16.5. The maximum Gasteiger partial charge on any atom is 0.150 e. The molecule has 2 unspecified atom stereocenters. The SMILES string of the molecule is CCCCCCC=CC(CCC(C)C=COc1ccc(C=O)cc1)C(C)C. The summed E-state index contributed by atoms with van der Waals surface area (Å²) in [5.41, 5.74) is 0.665. The van der Waals surface area contributed by atoms with Crippen LogP contribution in [0.25, 0.3) is 0 Å². The van der Waals surface area contributed by atoms with E-state index in [0.29, 0.717) is 23.3 Å². The topological polar surface area (TPSA) is 26.3 Å². The van der Waals surface area contributed by atoms with E-state index in [0.717, 1.165) is 18.5 Å². The van der Waals surface area contributed by atoms with E-state index in [-0.39, 0.29) is 0 Å². The van der Waals surface area contributed by atoms with Gasteiger partial charge in [0.15, 0.2) is 0 Å². The minimum absolute atomic E-state index is 0.485. The fourth-order valence-corrected chi connectivity index (χ4v) is 3.04. The number of hydrogen-bond donors (Lipinski definition) is 0. The van der Waals surface area contributed by atoms with Crippen LogP contribution >= 0.6 is 0 Å². The molecule has 0 saturated heterocycles. The first-order chi connectivity index (χ1) is 13.1. The van der Waals surface area contributed by atoms with Crippen LogP contribution in [0.1, 0.15) is 83.0 Å². The quantitative estimate of drug-likeness (QED) is 0.146. The Morgan fingerprint density at radius 1 is 0.963 bits per heavy atom. The summed E-state index contributed by atoms with van der Waals surface area (Å²) < 4.78 is 5.63. The standard InChI is InChI=1S/C25H38O2/c1-5-6-7-8-9-10-11-24(21(2)3)15-12-22(4)18-19-27-25-16-13-23(20-26)14-17-25/h10-11,13-14,16-22,24H,5-9,12,15H2,1-4H3. The van der Waals surface area contributed by atoms with Gasteiger partial charge in [-0.2, -0.15) is 0 Å². The monoisotopic (exact) mass is 370 g/mol. The summed E-state index contributed by atoms with van der Waals surface area (Å²) >= 11 is 0. The van der Waals surface area contributed by atoms with Crippen LogP contribution in [0.4, 0.5) is 0 Å². The number of rotatable bonds is 14. The van der Waals surface area contributed by atoms with Crippen molar-refractivity contribution in [3.63, 3.8) is 0 Å². The molecule has 0 fully saturated rings. The van der Waals surface area contributed by atoms with Crippen LogP contribution in [0, 0.1) is 17.8 Å². The maximum absolute atomic E-state index is 10.7. The van der Waals surface area contributed by atoms with Crippen LogP contribution in [-0.4, -0.2) is 6.29 Å². The molecule has 0 aliphatic heterocycles. The summed E-state index contributed by atoms with van der Waals surface area (Å²) in [4.78, 5) is 10.7. The van der Waals surface area contributed by atoms with Gasteiger partial charge in [0.05, 0.1) is 6.26 Å². The van der Waals surface area contributed by atoms with Crippen molar-refractivity contribution >= 4 is 6.29 Å². The van der Waals surface area contributed by atoms with E-state index in [2.05, 4.69) is 45.9 Å². The number of carbonyl (C=O) groups excluding carboxylic acids is 1. The average molecular weight is 371 g/mol.